The fourth-order valence-electron chi connectivity index (χ4n) is 6.88. The van der Waals surface area contributed by atoms with Gasteiger partial charge in [0, 0.05) is 74.1 Å². The molecule has 50 heavy (non-hydrogen) atoms. The van der Waals surface area contributed by atoms with Gasteiger partial charge < -0.3 is 29.9 Å². The zero-order chi connectivity index (χ0) is 35.7. The first-order chi connectivity index (χ1) is 23.7. The predicted octanol–water partition coefficient (Wildman–Crippen LogP) is 6.66. The minimum absolute atomic E-state index is 0.0200. The number of amides is 3. The summed E-state index contributed by atoms with van der Waals surface area (Å²) >= 11 is 0. The summed E-state index contributed by atoms with van der Waals surface area (Å²) in [5, 5.41) is 14.1. The molecule has 6 rings (SSSR count). The van der Waals surface area contributed by atoms with Gasteiger partial charge in [0.2, 0.25) is 0 Å². The number of aliphatic hydroxyl groups excluding tert-OH is 1. The first-order valence-electron chi connectivity index (χ1n) is 17.4. The SMILES string of the molecule is Cc1c(NC(=O)N2C[C@@H](CC(C)C)[C@H](O)C2)cc(F)cc1-c1ncnc2[nH]c(-c3ccc(CN4CCN(C(=O)OC(C)(C)C)CC4)cc3)cc12. The van der Waals surface area contributed by atoms with E-state index in [1.54, 1.807) is 9.80 Å². The molecule has 2 saturated heterocycles. The number of benzene rings is 2. The second kappa shape index (κ2) is 14.4. The Morgan fingerprint density at radius 1 is 1.04 bits per heavy atom. The van der Waals surface area contributed by atoms with Crippen molar-refractivity contribution < 1.29 is 23.8 Å². The molecule has 2 aromatic carbocycles. The van der Waals surface area contributed by atoms with Gasteiger partial charge in [-0.05, 0) is 74.9 Å². The van der Waals surface area contributed by atoms with Gasteiger partial charge in [0.15, 0.2) is 0 Å². The molecule has 2 atom stereocenters. The van der Waals surface area contributed by atoms with Crippen molar-refractivity contribution in [2.45, 2.75) is 66.2 Å². The monoisotopic (exact) mass is 685 g/mol. The van der Waals surface area contributed by atoms with E-state index in [4.69, 9.17) is 4.74 Å². The molecule has 2 aliphatic heterocycles. The summed E-state index contributed by atoms with van der Waals surface area (Å²) in [6.45, 7) is 16.0. The summed E-state index contributed by atoms with van der Waals surface area (Å²) in [7, 11) is 0. The summed E-state index contributed by atoms with van der Waals surface area (Å²) in [6.07, 6.45) is 1.44. The number of nitrogens with zero attached hydrogens (tertiary/aromatic N) is 5. The molecule has 3 amide bonds. The maximum Gasteiger partial charge on any atom is 0.410 e. The molecule has 2 fully saturated rings. The second-order valence-electron chi connectivity index (χ2n) is 15.0. The lowest BCUT2D eigenvalue weighted by atomic mass is 9.95. The highest BCUT2D eigenvalue weighted by Gasteiger charge is 2.34. The quantitative estimate of drug-likeness (QED) is 0.199. The molecule has 11 nitrogen and oxygen atoms in total. The maximum atomic E-state index is 15.1. The fraction of sp³-hybridized carbons (Fsp3) is 0.474. The Bertz CT molecular complexity index is 1840. The van der Waals surface area contributed by atoms with Gasteiger partial charge in [-0.2, -0.15) is 0 Å². The number of aromatic amines is 1. The number of likely N-dealkylation sites (tertiary alicyclic amines) is 1. The molecule has 0 radical (unpaired) electrons. The Morgan fingerprint density at radius 3 is 2.44 bits per heavy atom. The van der Waals surface area contributed by atoms with E-state index in [0.29, 0.717) is 53.7 Å². The van der Waals surface area contributed by atoms with E-state index in [1.165, 1.54) is 24.0 Å². The van der Waals surface area contributed by atoms with E-state index in [2.05, 4.69) is 63.3 Å². The minimum Gasteiger partial charge on any atom is -0.444 e. The van der Waals surface area contributed by atoms with Crippen LogP contribution in [0.3, 0.4) is 0 Å². The number of aromatic nitrogens is 3. The van der Waals surface area contributed by atoms with Crippen molar-refractivity contribution in [3.05, 3.63) is 65.7 Å². The normalized spacial score (nSPS) is 18.7. The van der Waals surface area contributed by atoms with Crippen LogP contribution >= 0.6 is 0 Å². The van der Waals surface area contributed by atoms with Crippen LogP contribution in [0.4, 0.5) is 19.7 Å². The van der Waals surface area contributed by atoms with Crippen LogP contribution in [-0.4, -0.2) is 97.9 Å². The van der Waals surface area contributed by atoms with Crippen LogP contribution in [0, 0.1) is 24.6 Å². The average molecular weight is 686 g/mol. The number of anilines is 1. The largest absolute Gasteiger partial charge is 0.444 e. The van der Waals surface area contributed by atoms with Crippen LogP contribution in [0.1, 0.15) is 52.2 Å². The van der Waals surface area contributed by atoms with E-state index < -0.39 is 17.5 Å². The van der Waals surface area contributed by atoms with Gasteiger partial charge >= 0.3 is 12.1 Å². The lowest BCUT2D eigenvalue weighted by Crippen LogP contribution is -2.49. The molecule has 3 N–H and O–H groups in total. The fourth-order valence-corrected chi connectivity index (χ4v) is 6.88. The number of aliphatic hydroxyl groups is 1. The Balaban J connectivity index is 1.15. The van der Waals surface area contributed by atoms with Crippen LogP contribution in [-0.2, 0) is 11.3 Å². The van der Waals surface area contributed by atoms with Gasteiger partial charge in [0.25, 0.3) is 0 Å². The van der Waals surface area contributed by atoms with Crippen molar-refractivity contribution in [3.63, 3.8) is 0 Å². The lowest BCUT2D eigenvalue weighted by molar-refractivity contribution is 0.0139. The average Bonchev–Trinajstić information content (AvgIpc) is 3.66. The van der Waals surface area contributed by atoms with Crippen LogP contribution in [0.5, 0.6) is 0 Å². The first kappa shape index (κ1) is 35.3. The Morgan fingerprint density at radius 2 is 1.76 bits per heavy atom. The highest BCUT2D eigenvalue weighted by Crippen LogP contribution is 2.35. The summed E-state index contributed by atoms with van der Waals surface area (Å²) in [5.74, 6) is -0.0638. The highest BCUT2D eigenvalue weighted by molar-refractivity contribution is 5.97. The number of rotatable bonds is 7. The van der Waals surface area contributed by atoms with Crippen LogP contribution in [0.15, 0.2) is 48.8 Å². The van der Waals surface area contributed by atoms with Gasteiger partial charge in [-0.3, -0.25) is 4.90 Å². The number of hydrogen-bond acceptors (Lipinski definition) is 7. The third-order valence-electron chi connectivity index (χ3n) is 9.46. The first-order valence-corrected chi connectivity index (χ1v) is 17.4. The number of urea groups is 1. The number of H-pyrrole nitrogens is 1. The third-order valence-corrected chi connectivity index (χ3v) is 9.46. The number of ether oxygens (including phenoxy) is 1. The van der Waals surface area contributed by atoms with Gasteiger partial charge in [-0.25, -0.2) is 23.9 Å². The van der Waals surface area contributed by atoms with E-state index >= 15 is 4.39 Å². The molecule has 0 saturated carbocycles. The van der Waals surface area contributed by atoms with Crippen molar-refractivity contribution in [1.29, 1.82) is 0 Å². The Labute approximate surface area is 292 Å². The van der Waals surface area contributed by atoms with Crippen molar-refractivity contribution in [2.75, 3.05) is 44.6 Å². The summed E-state index contributed by atoms with van der Waals surface area (Å²) in [5.41, 5.74) is 5.25. The molecule has 266 valence electrons. The standard InChI is InChI=1S/C38H48FN7O4/c1-23(2)15-27-20-46(21-33(27)47)36(48)43-31-17-28(39)16-29(24(31)3)34-30-18-32(42-35(30)41-22-40-34)26-9-7-25(8-10-26)19-44-11-13-45(14-12-44)37(49)50-38(4,5)6/h7-10,16-18,22-23,27,33,47H,11-15,19-21H2,1-6H3,(H,43,48)(H,40,41,42)/t27-,33-/m1/s1. The number of halogens is 1. The highest BCUT2D eigenvalue weighted by atomic mass is 19.1. The minimum atomic E-state index is -0.575. The second-order valence-corrected chi connectivity index (χ2v) is 15.0. The van der Waals surface area contributed by atoms with Crippen molar-refractivity contribution in [2.24, 2.45) is 11.8 Å². The molecule has 0 spiro atoms. The molecule has 0 aliphatic carbocycles. The van der Waals surface area contributed by atoms with Crippen LogP contribution in [0.25, 0.3) is 33.5 Å². The zero-order valence-corrected chi connectivity index (χ0v) is 29.8. The van der Waals surface area contributed by atoms with Crippen LogP contribution in [0.2, 0.25) is 0 Å². The third kappa shape index (κ3) is 8.08. The van der Waals surface area contributed by atoms with E-state index in [0.717, 1.165) is 42.7 Å². The van der Waals surface area contributed by atoms with Gasteiger partial charge in [0.1, 0.15) is 23.4 Å². The van der Waals surface area contributed by atoms with E-state index in [9.17, 15) is 14.7 Å². The summed E-state index contributed by atoms with van der Waals surface area (Å²) in [6, 6.07) is 12.7. The Hall–Kier alpha value is -4.55. The van der Waals surface area contributed by atoms with Gasteiger partial charge in [0.05, 0.1) is 11.8 Å². The number of piperazine rings is 1. The van der Waals surface area contributed by atoms with Crippen LogP contribution < -0.4 is 5.32 Å². The summed E-state index contributed by atoms with van der Waals surface area (Å²) in [4.78, 5) is 43.7. The molecule has 12 heteroatoms. The number of fused-ring (bicyclic) bond motifs is 1. The number of hydrogen-bond donors (Lipinski definition) is 3. The molecular formula is C38H48FN7O4. The molecule has 2 aliphatic rings. The number of β-amino-alcohol motifs (C(OH)–C–C–N with tert-alkyl or cyclic N) is 1. The van der Waals surface area contributed by atoms with Gasteiger partial charge in [-0.15, -0.1) is 0 Å². The zero-order valence-electron chi connectivity index (χ0n) is 29.8. The van der Waals surface area contributed by atoms with Crippen molar-refractivity contribution >= 4 is 28.8 Å². The molecule has 4 aromatic rings. The number of carbonyl (C=O) groups excluding carboxylic acids is 2. The lowest BCUT2D eigenvalue weighted by Gasteiger charge is -2.35. The number of nitrogens with one attached hydrogen (secondary N) is 2. The smallest absolute Gasteiger partial charge is 0.410 e. The topological polar surface area (TPSA) is 127 Å². The van der Waals surface area contributed by atoms with Crippen molar-refractivity contribution in [1.82, 2.24) is 29.7 Å². The van der Waals surface area contributed by atoms with Gasteiger partial charge in [-0.1, -0.05) is 38.1 Å². The molecular weight excluding hydrogens is 637 g/mol. The molecule has 2 aromatic heterocycles. The molecule has 4 heterocycles. The van der Waals surface area contributed by atoms with E-state index in [1.807, 2.05) is 33.8 Å². The Kier molecular flexibility index (Phi) is 10.1. The van der Waals surface area contributed by atoms with Crippen molar-refractivity contribution in [3.8, 4) is 22.5 Å². The predicted molar refractivity (Wildman–Crippen MR) is 192 cm³/mol. The van der Waals surface area contributed by atoms with E-state index in [-0.39, 0.29) is 24.6 Å². The summed E-state index contributed by atoms with van der Waals surface area (Å²) < 4.78 is 20.6. The molecule has 0 bridgehead atoms. The number of carbonyl (C=O) groups is 2. The maximum absolute atomic E-state index is 15.1. The molecule has 0 unspecified atom stereocenters.